The first kappa shape index (κ1) is 20.5. The van der Waals surface area contributed by atoms with Gasteiger partial charge >= 0.3 is 0 Å². The fraction of sp³-hybridized carbons (Fsp3) is 0.714. The summed E-state index contributed by atoms with van der Waals surface area (Å²) in [5.41, 5.74) is 3.88. The molecule has 28 heavy (non-hydrogen) atoms. The second-order valence-corrected chi connectivity index (χ2v) is 10.9. The Morgan fingerprint density at radius 1 is 1.29 bits per heavy atom. The van der Waals surface area contributed by atoms with Gasteiger partial charge in [-0.15, -0.1) is 11.6 Å². The lowest BCUT2D eigenvalue weighted by atomic mass is 9.77. The molecular formula is C21H31ClN2O3S. The first-order chi connectivity index (χ1) is 13.4. The van der Waals surface area contributed by atoms with Crippen molar-refractivity contribution in [2.24, 2.45) is 5.92 Å². The molecule has 2 saturated heterocycles. The zero-order chi connectivity index (χ0) is 19.9. The molecule has 0 amide bonds. The van der Waals surface area contributed by atoms with Crippen molar-refractivity contribution in [2.75, 3.05) is 38.4 Å². The van der Waals surface area contributed by atoms with Crippen molar-refractivity contribution in [3.63, 3.8) is 0 Å². The van der Waals surface area contributed by atoms with Crippen LogP contribution in [0.3, 0.4) is 0 Å². The third-order valence-electron chi connectivity index (χ3n) is 6.82. The molecule has 156 valence electrons. The van der Waals surface area contributed by atoms with Gasteiger partial charge in [0.25, 0.3) is 0 Å². The number of alkyl halides is 1. The number of fused-ring (bicyclic) bond motifs is 4. The van der Waals surface area contributed by atoms with E-state index in [-0.39, 0.29) is 11.8 Å². The Labute approximate surface area is 174 Å². The zero-order valence-electron chi connectivity index (χ0n) is 16.9. The summed E-state index contributed by atoms with van der Waals surface area (Å²) in [7, 11) is -1.52. The minimum Gasteiger partial charge on any atom is -0.496 e. The Bertz CT molecular complexity index is 829. The smallest absolute Gasteiger partial charge is 0.214 e. The van der Waals surface area contributed by atoms with E-state index in [4.69, 9.17) is 16.3 Å². The molecule has 0 bridgehead atoms. The molecule has 1 aromatic rings. The molecule has 2 fully saturated rings. The van der Waals surface area contributed by atoms with Gasteiger partial charge in [-0.05, 0) is 67.7 Å². The van der Waals surface area contributed by atoms with Gasteiger partial charge in [0, 0.05) is 37.6 Å². The molecule has 3 aliphatic rings. The minimum atomic E-state index is -3.24. The van der Waals surface area contributed by atoms with Crippen molar-refractivity contribution in [3.8, 4) is 5.75 Å². The number of ether oxygens (including phenoxy) is 1. The standard InChI is InChI=1S/C21H31ClN2O3S/c1-15-11-18-16(12-21(15)27-2)6-9-23-14-17-5-3-8-24(19(17)13-20(18)23)28(25,26)10-4-7-22/h11-12,17,19-20H,3-10,13-14H2,1-2H3/t17-,19+,20+/m1/s1. The summed E-state index contributed by atoms with van der Waals surface area (Å²) >= 11 is 5.77. The summed E-state index contributed by atoms with van der Waals surface area (Å²) in [6.07, 6.45) is 4.55. The highest BCUT2D eigenvalue weighted by atomic mass is 35.5. The average molecular weight is 427 g/mol. The molecule has 3 atom stereocenters. The van der Waals surface area contributed by atoms with Crippen LogP contribution in [0, 0.1) is 12.8 Å². The quantitative estimate of drug-likeness (QED) is 0.677. The van der Waals surface area contributed by atoms with Gasteiger partial charge in [-0.3, -0.25) is 4.90 Å². The second-order valence-electron chi connectivity index (χ2n) is 8.46. The molecule has 3 aliphatic heterocycles. The predicted molar refractivity (Wildman–Crippen MR) is 113 cm³/mol. The Morgan fingerprint density at radius 3 is 2.86 bits per heavy atom. The SMILES string of the molecule is COc1cc2c(cc1C)[C@@H]1C[C@H]3[C@H](CCCN3S(=O)(=O)CCCCl)CN1CC2. The number of benzene rings is 1. The largest absolute Gasteiger partial charge is 0.496 e. The van der Waals surface area contributed by atoms with Crippen molar-refractivity contribution >= 4 is 21.6 Å². The summed E-state index contributed by atoms with van der Waals surface area (Å²) in [6, 6.07) is 4.87. The molecular weight excluding hydrogens is 396 g/mol. The summed E-state index contributed by atoms with van der Waals surface area (Å²) in [5, 5.41) is 0. The summed E-state index contributed by atoms with van der Waals surface area (Å²) in [4.78, 5) is 2.59. The van der Waals surface area contributed by atoms with Gasteiger partial charge in [0.05, 0.1) is 12.9 Å². The van der Waals surface area contributed by atoms with E-state index in [1.807, 2.05) is 4.31 Å². The van der Waals surface area contributed by atoms with E-state index in [1.54, 1.807) is 7.11 Å². The minimum absolute atomic E-state index is 0.115. The highest BCUT2D eigenvalue weighted by Gasteiger charge is 2.45. The number of hydrogen-bond donors (Lipinski definition) is 0. The van der Waals surface area contributed by atoms with E-state index in [1.165, 1.54) is 11.1 Å². The van der Waals surface area contributed by atoms with Crippen LogP contribution >= 0.6 is 11.6 Å². The molecule has 5 nitrogen and oxygen atoms in total. The summed E-state index contributed by atoms with van der Waals surface area (Å²) in [6.45, 7) is 4.80. The summed E-state index contributed by atoms with van der Waals surface area (Å²) < 4.78 is 33.3. The van der Waals surface area contributed by atoms with Crippen LogP contribution in [0.25, 0.3) is 0 Å². The Kier molecular flexibility index (Phi) is 5.94. The number of piperidine rings is 2. The lowest BCUT2D eigenvalue weighted by molar-refractivity contribution is 0.0219. The first-order valence-electron chi connectivity index (χ1n) is 10.4. The molecule has 4 rings (SSSR count). The monoisotopic (exact) mass is 426 g/mol. The Balaban J connectivity index is 1.63. The highest BCUT2D eigenvalue weighted by molar-refractivity contribution is 7.89. The molecule has 0 radical (unpaired) electrons. The number of rotatable bonds is 5. The molecule has 1 aromatic carbocycles. The molecule has 0 aliphatic carbocycles. The molecule has 0 unspecified atom stereocenters. The molecule has 0 aromatic heterocycles. The van der Waals surface area contributed by atoms with Gasteiger partial charge in [-0.1, -0.05) is 6.07 Å². The van der Waals surface area contributed by atoms with Crippen molar-refractivity contribution in [1.29, 1.82) is 0 Å². The average Bonchev–Trinajstić information content (AvgIpc) is 2.70. The zero-order valence-corrected chi connectivity index (χ0v) is 18.4. The van der Waals surface area contributed by atoms with Crippen molar-refractivity contribution in [1.82, 2.24) is 9.21 Å². The number of aryl methyl sites for hydroxylation is 1. The third kappa shape index (κ3) is 3.69. The molecule has 0 N–H and O–H groups in total. The van der Waals surface area contributed by atoms with Crippen LogP contribution in [0.1, 0.15) is 48.4 Å². The topological polar surface area (TPSA) is 49.9 Å². The van der Waals surface area contributed by atoms with Gasteiger partial charge < -0.3 is 4.74 Å². The fourth-order valence-electron chi connectivity index (χ4n) is 5.47. The predicted octanol–water partition coefficient (Wildman–Crippen LogP) is 3.35. The van der Waals surface area contributed by atoms with Crippen LogP contribution in [0.15, 0.2) is 12.1 Å². The molecule has 7 heteroatoms. The fourth-order valence-corrected chi connectivity index (χ4v) is 7.58. The number of methoxy groups -OCH3 is 1. The van der Waals surface area contributed by atoms with Crippen LogP contribution in [0.2, 0.25) is 0 Å². The highest BCUT2D eigenvalue weighted by Crippen LogP contribution is 2.44. The van der Waals surface area contributed by atoms with Crippen LogP contribution in [-0.4, -0.2) is 62.0 Å². The van der Waals surface area contributed by atoms with Gasteiger partial charge in [0.15, 0.2) is 0 Å². The van der Waals surface area contributed by atoms with Crippen molar-refractivity contribution in [2.45, 2.75) is 51.1 Å². The van der Waals surface area contributed by atoms with E-state index < -0.39 is 10.0 Å². The van der Waals surface area contributed by atoms with Crippen LogP contribution in [0.5, 0.6) is 5.75 Å². The Morgan fingerprint density at radius 2 is 2.11 bits per heavy atom. The van der Waals surface area contributed by atoms with E-state index in [9.17, 15) is 8.42 Å². The van der Waals surface area contributed by atoms with E-state index in [2.05, 4.69) is 24.0 Å². The maximum Gasteiger partial charge on any atom is 0.214 e. The number of nitrogens with zero attached hydrogens (tertiary/aromatic N) is 2. The maximum absolute atomic E-state index is 13.0. The number of sulfonamides is 1. The van der Waals surface area contributed by atoms with Gasteiger partial charge in [-0.2, -0.15) is 4.31 Å². The van der Waals surface area contributed by atoms with Crippen LogP contribution in [0.4, 0.5) is 0 Å². The first-order valence-corrected chi connectivity index (χ1v) is 12.6. The van der Waals surface area contributed by atoms with Crippen molar-refractivity contribution < 1.29 is 13.2 Å². The van der Waals surface area contributed by atoms with E-state index >= 15 is 0 Å². The van der Waals surface area contributed by atoms with Crippen molar-refractivity contribution in [3.05, 3.63) is 28.8 Å². The molecule has 0 saturated carbocycles. The second kappa shape index (κ2) is 8.13. The molecule has 3 heterocycles. The normalized spacial score (nSPS) is 28.3. The van der Waals surface area contributed by atoms with Crippen LogP contribution in [-0.2, 0) is 16.4 Å². The molecule has 0 spiro atoms. The summed E-state index contributed by atoms with van der Waals surface area (Å²) in [5.74, 6) is 1.95. The maximum atomic E-state index is 13.0. The van der Waals surface area contributed by atoms with E-state index in [0.29, 0.717) is 30.8 Å². The third-order valence-corrected chi connectivity index (χ3v) is 9.06. The van der Waals surface area contributed by atoms with Gasteiger partial charge in [0.2, 0.25) is 10.0 Å². The van der Waals surface area contributed by atoms with E-state index in [0.717, 1.165) is 50.1 Å². The number of halogens is 1. The van der Waals surface area contributed by atoms with Gasteiger partial charge in [-0.25, -0.2) is 8.42 Å². The lowest BCUT2D eigenvalue weighted by Gasteiger charge is -2.51. The lowest BCUT2D eigenvalue weighted by Crippen LogP contribution is -2.57. The Hall–Kier alpha value is -0.820. The number of hydrogen-bond acceptors (Lipinski definition) is 4. The van der Waals surface area contributed by atoms with Crippen LogP contribution < -0.4 is 4.74 Å². The van der Waals surface area contributed by atoms with Gasteiger partial charge in [0.1, 0.15) is 5.75 Å².